The molecule has 72 heavy (non-hydrogen) atoms. The van der Waals surface area contributed by atoms with Crippen molar-refractivity contribution < 1.29 is 28.6 Å². The zero-order valence-electron chi connectivity index (χ0n) is 48.2. The standard InChI is InChI=1S/C66H120O6/c1-4-7-10-13-16-18-20-22-24-26-28-30-32-33-35-36-38-40-42-44-46-48-50-53-56-59-65(68)71-62-63(61-70-64(67)58-55-52-15-12-9-6-3)72-66(69)60-57-54-51-49-47-45-43-41-39-37-34-31-29-27-25-23-21-19-17-14-11-8-5-2/h20-23,26-29,63H,4-19,24-25,30-62H2,1-3H3/b22-20-,23-21-,28-26-,29-27-. The lowest BCUT2D eigenvalue weighted by atomic mass is 10.0. The Labute approximate surface area is 448 Å². The van der Waals surface area contributed by atoms with E-state index in [0.29, 0.717) is 19.3 Å². The van der Waals surface area contributed by atoms with Crippen molar-refractivity contribution in [2.45, 2.75) is 341 Å². The number of carbonyl (C=O) groups is 3. The lowest BCUT2D eigenvalue weighted by molar-refractivity contribution is -0.167. The van der Waals surface area contributed by atoms with Crippen LogP contribution in [0.25, 0.3) is 0 Å². The van der Waals surface area contributed by atoms with Crippen LogP contribution >= 0.6 is 0 Å². The van der Waals surface area contributed by atoms with Gasteiger partial charge < -0.3 is 14.2 Å². The van der Waals surface area contributed by atoms with Gasteiger partial charge in [-0.3, -0.25) is 14.4 Å². The number of allylic oxidation sites excluding steroid dienone is 8. The minimum Gasteiger partial charge on any atom is -0.462 e. The maximum atomic E-state index is 12.8. The summed E-state index contributed by atoms with van der Waals surface area (Å²) in [6.45, 7) is 6.60. The maximum Gasteiger partial charge on any atom is 0.306 e. The van der Waals surface area contributed by atoms with Crippen LogP contribution in [-0.4, -0.2) is 37.2 Å². The minimum absolute atomic E-state index is 0.0715. The fraction of sp³-hybridized carbons (Fsp3) is 0.833. The third-order valence-electron chi connectivity index (χ3n) is 14.1. The van der Waals surface area contributed by atoms with Gasteiger partial charge in [0.15, 0.2) is 6.10 Å². The van der Waals surface area contributed by atoms with Gasteiger partial charge in [-0.2, -0.15) is 0 Å². The molecule has 0 aromatic rings. The molecule has 0 rings (SSSR count). The molecule has 0 amide bonds. The Morgan fingerprint density at radius 1 is 0.278 bits per heavy atom. The predicted octanol–water partition coefficient (Wildman–Crippen LogP) is 21.4. The molecule has 6 heteroatoms. The van der Waals surface area contributed by atoms with Gasteiger partial charge in [0.1, 0.15) is 13.2 Å². The van der Waals surface area contributed by atoms with Crippen molar-refractivity contribution in [1.82, 2.24) is 0 Å². The second kappa shape index (κ2) is 60.9. The summed E-state index contributed by atoms with van der Waals surface area (Å²) >= 11 is 0. The molecule has 1 unspecified atom stereocenters. The summed E-state index contributed by atoms with van der Waals surface area (Å²) in [6.07, 6.45) is 75.8. The van der Waals surface area contributed by atoms with Crippen LogP contribution in [0.15, 0.2) is 48.6 Å². The Morgan fingerprint density at radius 2 is 0.500 bits per heavy atom. The second-order valence-corrected chi connectivity index (χ2v) is 21.3. The molecule has 0 spiro atoms. The van der Waals surface area contributed by atoms with Crippen LogP contribution in [0, 0.1) is 0 Å². The fourth-order valence-electron chi connectivity index (χ4n) is 9.27. The summed E-state index contributed by atoms with van der Waals surface area (Å²) in [4.78, 5) is 38.0. The van der Waals surface area contributed by atoms with E-state index in [4.69, 9.17) is 14.2 Å². The molecule has 0 aliphatic carbocycles. The molecule has 0 bridgehead atoms. The molecule has 0 fully saturated rings. The first-order valence-corrected chi connectivity index (χ1v) is 31.6. The highest BCUT2D eigenvalue weighted by atomic mass is 16.6. The molecular formula is C66H120O6. The zero-order chi connectivity index (χ0) is 52.2. The van der Waals surface area contributed by atoms with Crippen molar-refractivity contribution >= 4 is 17.9 Å². The summed E-state index contributed by atoms with van der Waals surface area (Å²) in [5, 5.41) is 0. The van der Waals surface area contributed by atoms with E-state index in [0.717, 1.165) is 70.6 Å². The number of esters is 3. The summed E-state index contributed by atoms with van der Waals surface area (Å²) in [5.74, 6) is -0.868. The van der Waals surface area contributed by atoms with E-state index in [1.54, 1.807) is 0 Å². The molecule has 0 radical (unpaired) electrons. The van der Waals surface area contributed by atoms with E-state index < -0.39 is 6.10 Å². The number of rotatable bonds is 58. The number of hydrogen-bond acceptors (Lipinski definition) is 6. The molecule has 0 heterocycles. The molecule has 0 aliphatic rings. The summed E-state index contributed by atoms with van der Waals surface area (Å²) in [5.41, 5.74) is 0. The third kappa shape index (κ3) is 58.3. The van der Waals surface area contributed by atoms with Crippen molar-refractivity contribution in [3.8, 4) is 0 Å². The number of unbranched alkanes of at least 4 members (excludes halogenated alkanes) is 39. The van der Waals surface area contributed by atoms with Crippen molar-refractivity contribution in [3.63, 3.8) is 0 Å². The van der Waals surface area contributed by atoms with E-state index in [2.05, 4.69) is 69.4 Å². The Kier molecular flexibility index (Phi) is 58.7. The average molecular weight is 1010 g/mol. The first-order chi connectivity index (χ1) is 35.5. The third-order valence-corrected chi connectivity index (χ3v) is 14.1. The molecule has 1 atom stereocenters. The monoisotopic (exact) mass is 1010 g/mol. The van der Waals surface area contributed by atoms with Crippen LogP contribution in [0.1, 0.15) is 335 Å². The Morgan fingerprint density at radius 3 is 0.764 bits per heavy atom. The van der Waals surface area contributed by atoms with Gasteiger partial charge in [-0.25, -0.2) is 0 Å². The summed E-state index contributed by atoms with van der Waals surface area (Å²) in [6, 6.07) is 0. The van der Waals surface area contributed by atoms with Gasteiger partial charge in [0.05, 0.1) is 0 Å². The predicted molar refractivity (Wildman–Crippen MR) is 312 cm³/mol. The zero-order valence-corrected chi connectivity index (χ0v) is 48.2. The molecule has 0 aromatic heterocycles. The van der Waals surface area contributed by atoms with Gasteiger partial charge in [-0.15, -0.1) is 0 Å². The van der Waals surface area contributed by atoms with Gasteiger partial charge in [0.25, 0.3) is 0 Å². The Hall–Kier alpha value is -2.63. The van der Waals surface area contributed by atoms with Gasteiger partial charge >= 0.3 is 17.9 Å². The van der Waals surface area contributed by atoms with E-state index in [9.17, 15) is 14.4 Å². The molecular weight excluding hydrogens is 889 g/mol. The van der Waals surface area contributed by atoms with E-state index in [1.165, 1.54) is 225 Å². The van der Waals surface area contributed by atoms with Crippen LogP contribution in [-0.2, 0) is 28.6 Å². The molecule has 0 aromatic carbocycles. The Balaban J connectivity index is 4.07. The molecule has 6 nitrogen and oxygen atoms in total. The molecule has 0 aliphatic heterocycles. The average Bonchev–Trinajstić information content (AvgIpc) is 3.38. The lowest BCUT2D eigenvalue weighted by Gasteiger charge is -2.18. The highest BCUT2D eigenvalue weighted by molar-refractivity contribution is 5.71. The van der Waals surface area contributed by atoms with E-state index >= 15 is 0 Å². The van der Waals surface area contributed by atoms with Crippen molar-refractivity contribution in [2.24, 2.45) is 0 Å². The quantitative estimate of drug-likeness (QED) is 0.0261. The van der Waals surface area contributed by atoms with Crippen LogP contribution < -0.4 is 0 Å². The topological polar surface area (TPSA) is 78.9 Å². The van der Waals surface area contributed by atoms with Crippen molar-refractivity contribution in [2.75, 3.05) is 13.2 Å². The van der Waals surface area contributed by atoms with Crippen LogP contribution in [0.5, 0.6) is 0 Å². The van der Waals surface area contributed by atoms with Crippen LogP contribution in [0.4, 0.5) is 0 Å². The van der Waals surface area contributed by atoms with Gasteiger partial charge in [-0.1, -0.05) is 281 Å². The first kappa shape index (κ1) is 69.4. The van der Waals surface area contributed by atoms with Crippen LogP contribution in [0.3, 0.4) is 0 Å². The van der Waals surface area contributed by atoms with Crippen molar-refractivity contribution in [3.05, 3.63) is 48.6 Å². The smallest absolute Gasteiger partial charge is 0.306 e. The normalized spacial score (nSPS) is 12.3. The number of carbonyl (C=O) groups excluding carboxylic acids is 3. The Bertz CT molecular complexity index is 1250. The van der Waals surface area contributed by atoms with Gasteiger partial charge in [0, 0.05) is 19.3 Å². The number of ether oxygens (including phenoxy) is 3. The fourth-order valence-corrected chi connectivity index (χ4v) is 9.27. The van der Waals surface area contributed by atoms with Gasteiger partial charge in [-0.05, 0) is 83.5 Å². The largest absolute Gasteiger partial charge is 0.462 e. The van der Waals surface area contributed by atoms with E-state index in [1.807, 2.05) is 0 Å². The second-order valence-electron chi connectivity index (χ2n) is 21.3. The van der Waals surface area contributed by atoms with E-state index in [-0.39, 0.29) is 31.1 Å². The molecule has 0 saturated carbocycles. The van der Waals surface area contributed by atoms with Gasteiger partial charge in [0.2, 0.25) is 0 Å². The highest BCUT2D eigenvalue weighted by Gasteiger charge is 2.19. The summed E-state index contributed by atoms with van der Waals surface area (Å²) in [7, 11) is 0. The first-order valence-electron chi connectivity index (χ1n) is 31.6. The molecule has 0 saturated heterocycles. The minimum atomic E-state index is -0.770. The lowest BCUT2D eigenvalue weighted by Crippen LogP contribution is -2.30. The summed E-state index contributed by atoms with van der Waals surface area (Å²) < 4.78 is 16.8. The highest BCUT2D eigenvalue weighted by Crippen LogP contribution is 2.17. The van der Waals surface area contributed by atoms with Crippen molar-refractivity contribution in [1.29, 1.82) is 0 Å². The number of hydrogen-bond donors (Lipinski definition) is 0. The van der Waals surface area contributed by atoms with Crippen LogP contribution in [0.2, 0.25) is 0 Å². The maximum absolute atomic E-state index is 12.8. The molecule has 0 N–H and O–H groups in total. The SMILES string of the molecule is CCCCCCC/C=C\C/C=C\CCCCCCCCCCCCCCCC(=O)OCC(COC(=O)CCCCCCCC)OC(=O)CCCCCCCCCCCCC/C=C\C/C=C\CCCCCCC. The molecule has 420 valence electrons.